The van der Waals surface area contributed by atoms with Crippen LogP contribution in [0.3, 0.4) is 0 Å². The quantitative estimate of drug-likeness (QED) is 0.755. The zero-order valence-corrected chi connectivity index (χ0v) is 9.07. The van der Waals surface area contributed by atoms with Crippen molar-refractivity contribution in [3.63, 3.8) is 0 Å². The summed E-state index contributed by atoms with van der Waals surface area (Å²) in [5.74, 6) is 1.01. The molecule has 0 amide bonds. The summed E-state index contributed by atoms with van der Waals surface area (Å²) < 4.78 is 5.32. The Labute approximate surface area is 85.9 Å². The Balaban J connectivity index is 2.50. The first-order chi connectivity index (χ1) is 6.77. The van der Waals surface area contributed by atoms with Gasteiger partial charge in [0.1, 0.15) is 5.76 Å². The lowest BCUT2D eigenvalue weighted by molar-refractivity contribution is 0.186. The number of nitrogens with zero attached hydrogens (tertiary/aromatic N) is 1. The van der Waals surface area contributed by atoms with E-state index in [0.717, 1.165) is 25.3 Å². The first-order valence-electron chi connectivity index (χ1n) is 5.24. The van der Waals surface area contributed by atoms with Crippen LogP contribution in [0.4, 0.5) is 0 Å². The van der Waals surface area contributed by atoms with Gasteiger partial charge >= 0.3 is 0 Å². The Morgan fingerprint density at radius 2 is 2.36 bits per heavy atom. The zero-order chi connectivity index (χ0) is 10.4. The van der Waals surface area contributed by atoms with Crippen LogP contribution >= 0.6 is 0 Å². The number of hydrogen-bond donors (Lipinski definition) is 1. The topological polar surface area (TPSA) is 42.4 Å². The van der Waals surface area contributed by atoms with Crippen molar-refractivity contribution in [3.05, 3.63) is 24.2 Å². The number of hydrogen-bond acceptors (Lipinski definition) is 3. The number of furan rings is 1. The Hall–Kier alpha value is -0.800. The molecule has 1 aromatic rings. The van der Waals surface area contributed by atoms with E-state index < -0.39 is 0 Å². The van der Waals surface area contributed by atoms with Gasteiger partial charge in [-0.1, -0.05) is 6.92 Å². The fourth-order valence-corrected chi connectivity index (χ4v) is 1.48. The van der Waals surface area contributed by atoms with Gasteiger partial charge in [0.2, 0.25) is 0 Å². The van der Waals surface area contributed by atoms with Gasteiger partial charge in [-0.15, -0.1) is 0 Å². The average molecular weight is 196 g/mol. The predicted octanol–water partition coefficient (Wildman–Crippen LogP) is 1.84. The van der Waals surface area contributed by atoms with Crippen LogP contribution in [0.15, 0.2) is 22.8 Å². The van der Waals surface area contributed by atoms with E-state index in [1.807, 2.05) is 12.1 Å². The van der Waals surface area contributed by atoms with Gasteiger partial charge in [0.15, 0.2) is 0 Å². The van der Waals surface area contributed by atoms with Crippen molar-refractivity contribution in [2.75, 3.05) is 13.1 Å². The van der Waals surface area contributed by atoms with E-state index in [9.17, 15) is 0 Å². The van der Waals surface area contributed by atoms with Crippen LogP contribution in [0.1, 0.15) is 26.0 Å². The molecule has 0 radical (unpaired) electrons. The SMILES string of the molecule is CCC(C)N(CCN)Cc1ccco1. The molecule has 1 rings (SSSR count). The third kappa shape index (κ3) is 3.16. The molecule has 80 valence electrons. The minimum atomic E-state index is 0.559. The zero-order valence-electron chi connectivity index (χ0n) is 9.07. The second-order valence-corrected chi connectivity index (χ2v) is 3.60. The molecule has 1 unspecified atom stereocenters. The second kappa shape index (κ2) is 5.83. The average Bonchev–Trinajstić information content (AvgIpc) is 2.68. The van der Waals surface area contributed by atoms with Crippen LogP contribution in [0.2, 0.25) is 0 Å². The maximum Gasteiger partial charge on any atom is 0.117 e. The summed E-state index contributed by atoms with van der Waals surface area (Å²) in [5, 5.41) is 0. The monoisotopic (exact) mass is 196 g/mol. The largest absolute Gasteiger partial charge is 0.468 e. The van der Waals surface area contributed by atoms with Crippen LogP contribution in [0, 0.1) is 0 Å². The van der Waals surface area contributed by atoms with Gasteiger partial charge in [0.05, 0.1) is 12.8 Å². The summed E-state index contributed by atoms with van der Waals surface area (Å²) in [4.78, 5) is 2.35. The van der Waals surface area contributed by atoms with E-state index in [1.165, 1.54) is 0 Å². The van der Waals surface area contributed by atoms with Crippen molar-refractivity contribution in [1.82, 2.24) is 4.90 Å². The molecule has 3 nitrogen and oxygen atoms in total. The molecule has 1 aromatic heterocycles. The Kier molecular flexibility index (Phi) is 4.70. The molecule has 14 heavy (non-hydrogen) atoms. The van der Waals surface area contributed by atoms with Gasteiger partial charge in [0.25, 0.3) is 0 Å². The van der Waals surface area contributed by atoms with Gasteiger partial charge in [-0.3, -0.25) is 4.90 Å². The fourth-order valence-electron chi connectivity index (χ4n) is 1.48. The van der Waals surface area contributed by atoms with Crippen molar-refractivity contribution < 1.29 is 4.42 Å². The van der Waals surface area contributed by atoms with Gasteiger partial charge in [-0.2, -0.15) is 0 Å². The van der Waals surface area contributed by atoms with Crippen LogP contribution in [0.5, 0.6) is 0 Å². The Bertz CT molecular complexity index is 233. The molecule has 3 heteroatoms. The van der Waals surface area contributed by atoms with Crippen LogP contribution < -0.4 is 5.73 Å². The Morgan fingerprint density at radius 3 is 2.86 bits per heavy atom. The molecule has 0 bridgehead atoms. The molecule has 2 N–H and O–H groups in total. The minimum Gasteiger partial charge on any atom is -0.468 e. The van der Waals surface area contributed by atoms with Crippen LogP contribution in [-0.4, -0.2) is 24.0 Å². The number of rotatable bonds is 6. The minimum absolute atomic E-state index is 0.559. The second-order valence-electron chi connectivity index (χ2n) is 3.60. The summed E-state index contributed by atoms with van der Waals surface area (Å²) >= 11 is 0. The van der Waals surface area contributed by atoms with Crippen LogP contribution in [0.25, 0.3) is 0 Å². The molecule has 1 heterocycles. The van der Waals surface area contributed by atoms with Crippen molar-refractivity contribution in [2.24, 2.45) is 5.73 Å². The fraction of sp³-hybridized carbons (Fsp3) is 0.636. The van der Waals surface area contributed by atoms with Crippen molar-refractivity contribution in [1.29, 1.82) is 0 Å². The van der Waals surface area contributed by atoms with Gasteiger partial charge < -0.3 is 10.2 Å². The highest BCUT2D eigenvalue weighted by Gasteiger charge is 2.12. The highest BCUT2D eigenvalue weighted by molar-refractivity contribution is 4.98. The van der Waals surface area contributed by atoms with Crippen molar-refractivity contribution in [2.45, 2.75) is 32.9 Å². The van der Waals surface area contributed by atoms with Gasteiger partial charge in [0, 0.05) is 19.1 Å². The lowest BCUT2D eigenvalue weighted by atomic mass is 10.2. The lowest BCUT2D eigenvalue weighted by Crippen LogP contribution is -2.36. The van der Waals surface area contributed by atoms with E-state index in [0.29, 0.717) is 12.6 Å². The van der Waals surface area contributed by atoms with Crippen molar-refractivity contribution in [3.8, 4) is 0 Å². The van der Waals surface area contributed by atoms with E-state index in [4.69, 9.17) is 10.2 Å². The molecular formula is C11H20N2O. The smallest absolute Gasteiger partial charge is 0.117 e. The summed E-state index contributed by atoms with van der Waals surface area (Å²) in [6.45, 7) is 6.90. The predicted molar refractivity (Wildman–Crippen MR) is 57.9 cm³/mol. The molecule has 0 saturated carbocycles. The summed E-state index contributed by atoms with van der Waals surface area (Å²) in [6, 6.07) is 4.49. The molecule has 0 aliphatic heterocycles. The van der Waals surface area contributed by atoms with Crippen LogP contribution in [-0.2, 0) is 6.54 Å². The molecule has 0 saturated heterocycles. The third-order valence-electron chi connectivity index (χ3n) is 2.57. The van der Waals surface area contributed by atoms with E-state index in [1.54, 1.807) is 6.26 Å². The van der Waals surface area contributed by atoms with Gasteiger partial charge in [-0.05, 0) is 25.5 Å². The maximum absolute atomic E-state index is 5.58. The molecule has 0 spiro atoms. The highest BCUT2D eigenvalue weighted by Crippen LogP contribution is 2.10. The molecule has 0 aliphatic carbocycles. The molecule has 0 fully saturated rings. The maximum atomic E-state index is 5.58. The summed E-state index contributed by atoms with van der Waals surface area (Å²) in [6.07, 6.45) is 2.85. The first kappa shape index (κ1) is 11.3. The molecule has 0 aliphatic rings. The normalized spacial score (nSPS) is 13.4. The standard InChI is InChI=1S/C11H20N2O/c1-3-10(2)13(7-6-12)9-11-5-4-8-14-11/h4-5,8,10H,3,6-7,9,12H2,1-2H3. The highest BCUT2D eigenvalue weighted by atomic mass is 16.3. The van der Waals surface area contributed by atoms with E-state index >= 15 is 0 Å². The van der Waals surface area contributed by atoms with E-state index in [2.05, 4.69) is 18.7 Å². The number of nitrogens with two attached hydrogens (primary N) is 1. The summed E-state index contributed by atoms with van der Waals surface area (Å²) in [5.41, 5.74) is 5.58. The molecular weight excluding hydrogens is 176 g/mol. The third-order valence-corrected chi connectivity index (χ3v) is 2.57. The molecule has 0 aromatic carbocycles. The molecule has 1 atom stereocenters. The first-order valence-corrected chi connectivity index (χ1v) is 5.24. The van der Waals surface area contributed by atoms with Gasteiger partial charge in [-0.25, -0.2) is 0 Å². The van der Waals surface area contributed by atoms with E-state index in [-0.39, 0.29) is 0 Å². The lowest BCUT2D eigenvalue weighted by Gasteiger charge is -2.26. The Morgan fingerprint density at radius 1 is 1.57 bits per heavy atom. The summed E-state index contributed by atoms with van der Waals surface area (Å²) in [7, 11) is 0. The van der Waals surface area contributed by atoms with Crippen molar-refractivity contribution >= 4 is 0 Å².